The van der Waals surface area contributed by atoms with Gasteiger partial charge >= 0.3 is 0 Å². The molecule has 1 aromatic carbocycles. The first kappa shape index (κ1) is 13.4. The van der Waals surface area contributed by atoms with E-state index in [2.05, 4.69) is 35.3 Å². The van der Waals surface area contributed by atoms with E-state index in [1.165, 1.54) is 29.7 Å². The molecule has 0 radical (unpaired) electrons. The van der Waals surface area contributed by atoms with E-state index in [4.69, 9.17) is 0 Å². The Balaban J connectivity index is 1.68. The highest BCUT2D eigenvalue weighted by Gasteiger charge is 2.22. The minimum absolute atomic E-state index is 0.204. The highest BCUT2D eigenvalue weighted by atomic mass is 16.2. The van der Waals surface area contributed by atoms with Gasteiger partial charge in [0.2, 0.25) is 5.91 Å². The number of hydrogen-bond donors (Lipinski definition) is 1. The number of anilines is 1. The fraction of sp³-hybridized carbons (Fsp3) is 0.562. The van der Waals surface area contributed by atoms with Crippen LogP contribution in [0.15, 0.2) is 18.2 Å². The van der Waals surface area contributed by atoms with E-state index in [-0.39, 0.29) is 5.91 Å². The second kappa shape index (κ2) is 5.44. The van der Waals surface area contributed by atoms with E-state index < -0.39 is 0 Å². The van der Waals surface area contributed by atoms with Crippen molar-refractivity contribution in [2.24, 2.45) is 0 Å². The molecular formula is C16H23N3O. The summed E-state index contributed by atoms with van der Waals surface area (Å²) in [5.41, 5.74) is 3.79. The fourth-order valence-corrected chi connectivity index (χ4v) is 2.70. The van der Waals surface area contributed by atoms with Gasteiger partial charge in [0.15, 0.2) is 0 Å². The van der Waals surface area contributed by atoms with Crippen LogP contribution in [0.4, 0.5) is 5.69 Å². The molecule has 1 saturated carbocycles. The number of likely N-dealkylation sites (N-methyl/N-ethyl adjacent to an activating group) is 1. The van der Waals surface area contributed by atoms with Gasteiger partial charge < -0.3 is 15.1 Å². The Kier molecular flexibility index (Phi) is 3.66. The number of piperazine rings is 1. The third-order valence-corrected chi connectivity index (χ3v) is 4.23. The third-order valence-electron chi connectivity index (χ3n) is 4.23. The van der Waals surface area contributed by atoms with E-state index in [0.29, 0.717) is 6.54 Å². The van der Waals surface area contributed by atoms with Crippen LogP contribution in [0.1, 0.15) is 24.0 Å². The normalized spacial score (nSPS) is 19.6. The highest BCUT2D eigenvalue weighted by Crippen LogP contribution is 2.24. The van der Waals surface area contributed by atoms with E-state index in [0.717, 1.165) is 25.7 Å². The molecular weight excluding hydrogens is 250 g/mol. The average molecular weight is 273 g/mol. The topological polar surface area (TPSA) is 35.6 Å². The number of nitrogens with one attached hydrogen (secondary N) is 1. The van der Waals surface area contributed by atoms with Crippen LogP contribution in [0.25, 0.3) is 0 Å². The summed E-state index contributed by atoms with van der Waals surface area (Å²) in [6, 6.07) is 7.33. The number of aryl methyl sites for hydroxylation is 1. The summed E-state index contributed by atoms with van der Waals surface area (Å²) < 4.78 is 0. The maximum Gasteiger partial charge on any atom is 0.241 e. The molecule has 4 heteroatoms. The Hall–Kier alpha value is -1.55. The molecule has 0 bridgehead atoms. The minimum Gasteiger partial charge on any atom is -0.360 e. The molecule has 2 fully saturated rings. The van der Waals surface area contributed by atoms with Crippen LogP contribution in [0.2, 0.25) is 0 Å². The fourth-order valence-electron chi connectivity index (χ4n) is 2.70. The zero-order valence-electron chi connectivity index (χ0n) is 12.4. The van der Waals surface area contributed by atoms with Gasteiger partial charge in [0.1, 0.15) is 0 Å². The number of rotatable bonds is 4. The smallest absolute Gasteiger partial charge is 0.241 e. The lowest BCUT2D eigenvalue weighted by molar-refractivity contribution is -0.129. The van der Waals surface area contributed by atoms with E-state index in [1.807, 2.05) is 7.05 Å². The van der Waals surface area contributed by atoms with E-state index >= 15 is 0 Å². The zero-order chi connectivity index (χ0) is 14.1. The maximum absolute atomic E-state index is 11.8. The molecule has 1 aliphatic carbocycles. The predicted molar refractivity (Wildman–Crippen MR) is 80.9 cm³/mol. The largest absolute Gasteiger partial charge is 0.360 e. The Morgan fingerprint density at radius 3 is 2.75 bits per heavy atom. The molecule has 108 valence electrons. The van der Waals surface area contributed by atoms with Crippen LogP contribution in [0, 0.1) is 6.92 Å². The summed E-state index contributed by atoms with van der Waals surface area (Å²) in [4.78, 5) is 15.8. The second-order valence-electron chi connectivity index (χ2n) is 6.01. The Bertz CT molecular complexity index is 510. The Morgan fingerprint density at radius 1 is 1.30 bits per heavy atom. The molecule has 4 nitrogen and oxygen atoms in total. The first-order valence-corrected chi connectivity index (χ1v) is 7.45. The average Bonchev–Trinajstić information content (AvgIpc) is 3.24. The zero-order valence-corrected chi connectivity index (χ0v) is 12.4. The molecule has 1 amide bonds. The van der Waals surface area contributed by atoms with Crippen molar-refractivity contribution >= 4 is 11.6 Å². The summed E-state index contributed by atoms with van der Waals surface area (Å²) >= 11 is 0. The van der Waals surface area contributed by atoms with Crippen molar-refractivity contribution in [3.05, 3.63) is 29.3 Å². The number of carbonyl (C=O) groups is 1. The van der Waals surface area contributed by atoms with Gasteiger partial charge in [-0.3, -0.25) is 4.79 Å². The Morgan fingerprint density at radius 2 is 2.10 bits per heavy atom. The number of benzene rings is 1. The van der Waals surface area contributed by atoms with Crippen LogP contribution >= 0.6 is 0 Å². The van der Waals surface area contributed by atoms with Crippen molar-refractivity contribution in [3.63, 3.8) is 0 Å². The maximum atomic E-state index is 11.8. The van der Waals surface area contributed by atoms with Gasteiger partial charge in [-0.25, -0.2) is 0 Å². The minimum atomic E-state index is 0.204. The molecule has 1 saturated heterocycles. The van der Waals surface area contributed by atoms with Gasteiger partial charge in [-0.15, -0.1) is 0 Å². The van der Waals surface area contributed by atoms with Crippen LogP contribution in [0.5, 0.6) is 0 Å². The predicted octanol–water partition coefficient (Wildman–Crippen LogP) is 1.53. The van der Waals surface area contributed by atoms with Crippen molar-refractivity contribution in [1.82, 2.24) is 10.2 Å². The first-order valence-electron chi connectivity index (χ1n) is 7.45. The van der Waals surface area contributed by atoms with Crippen LogP contribution in [0.3, 0.4) is 0 Å². The summed E-state index contributed by atoms with van der Waals surface area (Å²) in [5.74, 6) is 0.204. The molecule has 0 spiro atoms. The number of carbonyl (C=O) groups excluding carboxylic acids is 1. The van der Waals surface area contributed by atoms with Crippen LogP contribution < -0.4 is 10.2 Å². The monoisotopic (exact) mass is 273 g/mol. The lowest BCUT2D eigenvalue weighted by atomic mass is 10.1. The molecule has 3 rings (SSSR count). The van der Waals surface area contributed by atoms with Crippen molar-refractivity contribution in [2.45, 2.75) is 32.4 Å². The number of nitrogens with zero attached hydrogens (tertiary/aromatic N) is 2. The summed E-state index contributed by atoms with van der Waals surface area (Å²) in [6.07, 6.45) is 2.64. The molecule has 1 heterocycles. The second-order valence-corrected chi connectivity index (χ2v) is 6.01. The van der Waals surface area contributed by atoms with Gasteiger partial charge in [-0.1, -0.05) is 12.1 Å². The lowest BCUT2D eigenvalue weighted by Gasteiger charge is -2.34. The van der Waals surface area contributed by atoms with E-state index in [1.54, 1.807) is 4.90 Å². The summed E-state index contributed by atoms with van der Waals surface area (Å²) in [6.45, 7) is 5.31. The molecule has 0 unspecified atom stereocenters. The highest BCUT2D eigenvalue weighted by molar-refractivity contribution is 5.83. The molecule has 0 aromatic heterocycles. The Labute approximate surface area is 120 Å². The molecule has 1 N–H and O–H groups in total. The molecule has 20 heavy (non-hydrogen) atoms. The molecule has 1 aromatic rings. The SMILES string of the molecule is Cc1cc(CNC2CC2)ccc1N1CCN(C)C(=O)C1. The molecule has 0 atom stereocenters. The summed E-state index contributed by atoms with van der Waals surface area (Å²) in [5, 5.41) is 3.54. The van der Waals surface area contributed by atoms with Crippen molar-refractivity contribution < 1.29 is 4.79 Å². The van der Waals surface area contributed by atoms with Gasteiger partial charge in [0.05, 0.1) is 6.54 Å². The van der Waals surface area contributed by atoms with Crippen molar-refractivity contribution in [2.75, 3.05) is 31.6 Å². The van der Waals surface area contributed by atoms with Crippen LogP contribution in [-0.2, 0) is 11.3 Å². The van der Waals surface area contributed by atoms with Gasteiger partial charge in [0, 0.05) is 38.4 Å². The quantitative estimate of drug-likeness (QED) is 0.903. The first-order chi connectivity index (χ1) is 9.63. The number of amides is 1. The van der Waals surface area contributed by atoms with Crippen LogP contribution in [-0.4, -0.2) is 43.5 Å². The van der Waals surface area contributed by atoms with Crippen molar-refractivity contribution in [3.8, 4) is 0 Å². The lowest BCUT2D eigenvalue weighted by Crippen LogP contribution is -2.48. The third kappa shape index (κ3) is 2.96. The van der Waals surface area contributed by atoms with E-state index in [9.17, 15) is 4.79 Å². The molecule has 2 aliphatic rings. The molecule has 1 aliphatic heterocycles. The number of hydrogen-bond acceptors (Lipinski definition) is 3. The van der Waals surface area contributed by atoms with Crippen molar-refractivity contribution in [1.29, 1.82) is 0 Å². The summed E-state index contributed by atoms with van der Waals surface area (Å²) in [7, 11) is 1.87. The van der Waals surface area contributed by atoms with Gasteiger partial charge in [-0.2, -0.15) is 0 Å². The standard InChI is InChI=1S/C16H23N3O/c1-12-9-13(10-17-14-4-5-14)3-6-15(12)19-8-7-18(2)16(20)11-19/h3,6,9,14,17H,4-5,7-8,10-11H2,1-2H3. The van der Waals surface area contributed by atoms with Gasteiger partial charge in [-0.05, 0) is 37.0 Å². The van der Waals surface area contributed by atoms with Gasteiger partial charge in [0.25, 0.3) is 0 Å².